The molecule has 3 aromatic rings. The highest BCUT2D eigenvalue weighted by Crippen LogP contribution is 2.13. The smallest absolute Gasteiger partial charge is 0.275 e. The molecule has 6 nitrogen and oxygen atoms in total. The van der Waals surface area contributed by atoms with Crippen LogP contribution in [0, 0.1) is 0 Å². The Morgan fingerprint density at radius 1 is 1.12 bits per heavy atom. The molecule has 0 aliphatic rings. The Hall–Kier alpha value is -2.73. The number of rotatable bonds is 7. The van der Waals surface area contributed by atoms with E-state index in [0.29, 0.717) is 29.8 Å². The number of fused-ring (bicyclic) bond motifs is 1. The number of hydrogen-bond donors (Lipinski definition) is 1. The van der Waals surface area contributed by atoms with Crippen LogP contribution in [-0.4, -0.2) is 26.6 Å². The largest absolute Gasteiger partial charge is 0.350 e. The molecule has 1 N–H and O–H groups in total. The van der Waals surface area contributed by atoms with Crippen molar-refractivity contribution in [3.05, 3.63) is 70.4 Å². The van der Waals surface area contributed by atoms with Gasteiger partial charge in [0.25, 0.3) is 5.56 Å². The van der Waals surface area contributed by atoms with Crippen LogP contribution in [0.5, 0.6) is 0 Å². The predicted octanol–water partition coefficient (Wildman–Crippen LogP) is 2.48. The summed E-state index contributed by atoms with van der Waals surface area (Å²) in [5.74, 6) is 0.364. The highest BCUT2D eigenvalue weighted by atomic mass is 35.5. The van der Waals surface area contributed by atoms with Crippen LogP contribution in [-0.2, 0) is 17.9 Å². The summed E-state index contributed by atoms with van der Waals surface area (Å²) in [5, 5.41) is 8.63. The Balaban J connectivity index is 1.92. The Kier molecular flexibility index (Phi) is 5.96. The number of benzene rings is 1. The minimum atomic E-state index is -0.177. The summed E-state index contributed by atoms with van der Waals surface area (Å²) in [6, 6.07) is 12.8. The predicted molar refractivity (Wildman–Crippen MR) is 101 cm³/mol. The second kappa shape index (κ2) is 8.58. The minimum Gasteiger partial charge on any atom is -0.350 e. The van der Waals surface area contributed by atoms with Crippen LogP contribution in [0.25, 0.3) is 10.8 Å². The normalized spacial score (nSPS) is 10.8. The third-order valence-corrected chi connectivity index (χ3v) is 4.24. The molecule has 3 rings (SSSR count). The lowest BCUT2D eigenvalue weighted by molar-refractivity contribution is -0.121. The first kappa shape index (κ1) is 18.1. The molecule has 2 heterocycles. The van der Waals surface area contributed by atoms with Gasteiger partial charge in [0.2, 0.25) is 5.91 Å². The van der Waals surface area contributed by atoms with E-state index in [4.69, 9.17) is 11.6 Å². The van der Waals surface area contributed by atoms with E-state index < -0.39 is 0 Å². The van der Waals surface area contributed by atoms with E-state index in [-0.39, 0.29) is 24.6 Å². The van der Waals surface area contributed by atoms with Gasteiger partial charge < -0.3 is 5.32 Å². The van der Waals surface area contributed by atoms with Crippen LogP contribution >= 0.6 is 11.6 Å². The second-order valence-electron chi connectivity index (χ2n) is 5.85. The molecular weight excluding hydrogens is 352 g/mol. The maximum absolute atomic E-state index is 12.7. The standard InChI is InChI=1S/C19H19ClN4O2/c20-10-5-9-18(25)22-12-17-15-7-1-2-8-16(15)19(26)24(23-17)13-14-6-3-4-11-21-14/h1-4,6-8,11H,5,9-10,12-13H2,(H,22,25). The van der Waals surface area contributed by atoms with Crippen molar-refractivity contribution in [1.29, 1.82) is 0 Å². The summed E-state index contributed by atoms with van der Waals surface area (Å²) >= 11 is 5.62. The Labute approximate surface area is 155 Å². The number of carbonyl (C=O) groups excluding carboxylic acids is 1. The van der Waals surface area contributed by atoms with Crippen molar-refractivity contribution < 1.29 is 4.79 Å². The van der Waals surface area contributed by atoms with Gasteiger partial charge in [0, 0.05) is 23.9 Å². The highest BCUT2D eigenvalue weighted by molar-refractivity contribution is 6.17. The molecule has 0 saturated heterocycles. The molecule has 0 aliphatic carbocycles. The van der Waals surface area contributed by atoms with Crippen molar-refractivity contribution in [2.45, 2.75) is 25.9 Å². The first-order chi connectivity index (χ1) is 12.7. The molecule has 0 unspecified atom stereocenters. The van der Waals surface area contributed by atoms with Crippen LogP contribution in [0.4, 0.5) is 0 Å². The minimum absolute atomic E-state index is 0.0843. The van der Waals surface area contributed by atoms with Crippen molar-refractivity contribution in [3.63, 3.8) is 0 Å². The average Bonchev–Trinajstić information content (AvgIpc) is 2.68. The Morgan fingerprint density at radius 2 is 1.88 bits per heavy atom. The fourth-order valence-electron chi connectivity index (χ4n) is 2.69. The molecule has 0 aliphatic heterocycles. The van der Waals surface area contributed by atoms with Gasteiger partial charge in [-0.25, -0.2) is 4.68 Å². The Morgan fingerprint density at radius 3 is 2.62 bits per heavy atom. The lowest BCUT2D eigenvalue weighted by Gasteiger charge is -2.11. The fraction of sp³-hybridized carbons (Fsp3) is 0.263. The van der Waals surface area contributed by atoms with Crippen LogP contribution in [0.2, 0.25) is 0 Å². The average molecular weight is 371 g/mol. The maximum atomic E-state index is 12.7. The van der Waals surface area contributed by atoms with Crippen LogP contribution in [0.3, 0.4) is 0 Å². The fourth-order valence-corrected chi connectivity index (χ4v) is 2.82. The zero-order chi connectivity index (χ0) is 18.4. The zero-order valence-electron chi connectivity index (χ0n) is 14.2. The van der Waals surface area contributed by atoms with Gasteiger partial charge in [-0.1, -0.05) is 24.3 Å². The van der Waals surface area contributed by atoms with Gasteiger partial charge in [-0.05, 0) is 24.6 Å². The van der Waals surface area contributed by atoms with E-state index >= 15 is 0 Å². The summed E-state index contributed by atoms with van der Waals surface area (Å²) < 4.78 is 1.39. The quantitative estimate of drug-likeness (QED) is 0.648. The number of hydrogen-bond acceptors (Lipinski definition) is 4. The van der Waals surface area contributed by atoms with E-state index in [1.54, 1.807) is 12.3 Å². The van der Waals surface area contributed by atoms with Crippen LogP contribution in [0.1, 0.15) is 24.2 Å². The number of carbonyl (C=O) groups is 1. The van der Waals surface area contributed by atoms with E-state index in [2.05, 4.69) is 15.4 Å². The van der Waals surface area contributed by atoms with Gasteiger partial charge in [-0.2, -0.15) is 5.10 Å². The van der Waals surface area contributed by atoms with Crippen molar-refractivity contribution in [2.24, 2.45) is 0 Å². The molecular formula is C19H19ClN4O2. The summed E-state index contributed by atoms with van der Waals surface area (Å²) in [4.78, 5) is 28.9. The molecule has 0 radical (unpaired) electrons. The van der Waals surface area contributed by atoms with Crippen LogP contribution in [0.15, 0.2) is 53.5 Å². The van der Waals surface area contributed by atoms with Crippen molar-refractivity contribution in [1.82, 2.24) is 20.1 Å². The van der Waals surface area contributed by atoms with Gasteiger partial charge >= 0.3 is 0 Å². The van der Waals surface area contributed by atoms with Gasteiger partial charge in [-0.3, -0.25) is 14.6 Å². The SMILES string of the molecule is O=C(CCCCl)NCc1nn(Cc2ccccn2)c(=O)c2ccccc12. The molecule has 2 aromatic heterocycles. The van der Waals surface area contributed by atoms with E-state index in [1.165, 1.54) is 4.68 Å². The molecule has 7 heteroatoms. The van der Waals surface area contributed by atoms with Crippen molar-refractivity contribution in [3.8, 4) is 0 Å². The van der Waals surface area contributed by atoms with Gasteiger partial charge in [0.05, 0.1) is 29.9 Å². The number of nitrogens with zero attached hydrogens (tertiary/aromatic N) is 3. The van der Waals surface area contributed by atoms with Crippen molar-refractivity contribution in [2.75, 3.05) is 5.88 Å². The number of halogens is 1. The highest BCUT2D eigenvalue weighted by Gasteiger charge is 2.12. The summed E-state index contributed by atoms with van der Waals surface area (Å²) in [5.41, 5.74) is 1.22. The van der Waals surface area contributed by atoms with E-state index in [9.17, 15) is 9.59 Å². The van der Waals surface area contributed by atoms with Crippen molar-refractivity contribution >= 4 is 28.3 Å². The zero-order valence-corrected chi connectivity index (χ0v) is 14.9. The third kappa shape index (κ3) is 4.26. The number of alkyl halides is 1. The number of nitrogens with one attached hydrogen (secondary N) is 1. The number of aromatic nitrogens is 3. The molecule has 1 aromatic carbocycles. The first-order valence-corrected chi connectivity index (χ1v) is 8.94. The number of pyridine rings is 1. The third-order valence-electron chi connectivity index (χ3n) is 3.97. The van der Waals surface area contributed by atoms with Crippen LogP contribution < -0.4 is 10.9 Å². The van der Waals surface area contributed by atoms with Gasteiger partial charge in [0.1, 0.15) is 0 Å². The summed E-state index contributed by atoms with van der Waals surface area (Å²) in [7, 11) is 0. The summed E-state index contributed by atoms with van der Waals surface area (Å²) in [6.45, 7) is 0.530. The molecule has 1 amide bonds. The maximum Gasteiger partial charge on any atom is 0.275 e. The topological polar surface area (TPSA) is 76.9 Å². The lowest BCUT2D eigenvalue weighted by atomic mass is 10.1. The second-order valence-corrected chi connectivity index (χ2v) is 6.22. The molecule has 0 fully saturated rings. The van der Waals surface area contributed by atoms with Gasteiger partial charge in [0.15, 0.2) is 0 Å². The first-order valence-electron chi connectivity index (χ1n) is 8.40. The number of amides is 1. The Bertz CT molecular complexity index is 957. The summed E-state index contributed by atoms with van der Waals surface area (Å²) in [6.07, 6.45) is 2.68. The molecule has 134 valence electrons. The van der Waals surface area contributed by atoms with E-state index in [1.807, 2.05) is 36.4 Å². The molecule has 0 spiro atoms. The lowest BCUT2D eigenvalue weighted by Crippen LogP contribution is -2.29. The molecule has 0 atom stereocenters. The molecule has 0 saturated carbocycles. The van der Waals surface area contributed by atoms with Gasteiger partial charge in [-0.15, -0.1) is 11.6 Å². The molecule has 0 bridgehead atoms. The monoisotopic (exact) mass is 370 g/mol. The van der Waals surface area contributed by atoms with E-state index in [0.717, 1.165) is 11.1 Å². The molecule has 26 heavy (non-hydrogen) atoms.